The van der Waals surface area contributed by atoms with E-state index in [0.29, 0.717) is 5.82 Å². The summed E-state index contributed by atoms with van der Waals surface area (Å²) in [5, 5.41) is 4.87. The van der Waals surface area contributed by atoms with Gasteiger partial charge in [-0.3, -0.25) is 4.68 Å². The van der Waals surface area contributed by atoms with Crippen LogP contribution in [0.4, 0.5) is 5.82 Å². The van der Waals surface area contributed by atoms with Gasteiger partial charge >= 0.3 is 0 Å². The maximum absolute atomic E-state index is 5.53. The van der Waals surface area contributed by atoms with Crippen LogP contribution in [-0.2, 0) is 6.54 Å². The summed E-state index contributed by atoms with van der Waals surface area (Å²) in [6.45, 7) is 4.75. The predicted octanol–water partition coefficient (Wildman–Crippen LogP) is 2.25. The number of nitrogens with zero attached hydrogens (tertiary/aromatic N) is 3. The molecular weight excluding hydrogens is 236 g/mol. The molecule has 0 aliphatic heterocycles. The first-order valence-corrected chi connectivity index (χ1v) is 6.49. The number of aromatic nitrogens is 3. The Morgan fingerprint density at radius 3 is 2.88 bits per heavy atom. The fraction of sp³-hybridized carbons (Fsp3) is 0.455. The number of aryl methyl sites for hydroxylation is 3. The molecule has 0 aliphatic rings. The van der Waals surface area contributed by atoms with Gasteiger partial charge in [-0.2, -0.15) is 5.10 Å². The first-order valence-electron chi connectivity index (χ1n) is 5.51. The Hall–Kier alpha value is -1.43. The Morgan fingerprint density at radius 2 is 2.29 bits per heavy atom. The Morgan fingerprint density at radius 1 is 1.47 bits per heavy atom. The Balaban J connectivity index is 1.73. The van der Waals surface area contributed by atoms with Crippen LogP contribution in [-0.4, -0.2) is 20.5 Å². The second-order valence-electron chi connectivity index (χ2n) is 3.83. The average Bonchev–Trinajstić information content (AvgIpc) is 2.82. The summed E-state index contributed by atoms with van der Waals surface area (Å²) in [6, 6.07) is 1.80. The number of hydrogen-bond acceptors (Lipinski definition) is 5. The van der Waals surface area contributed by atoms with Gasteiger partial charge in [0, 0.05) is 18.5 Å². The van der Waals surface area contributed by atoms with Crippen LogP contribution in [0.25, 0.3) is 0 Å². The summed E-state index contributed by atoms with van der Waals surface area (Å²) >= 11 is 1.63. The first kappa shape index (κ1) is 12.0. The number of oxazole rings is 1. The average molecular weight is 252 g/mol. The normalized spacial score (nSPS) is 10.9. The molecule has 0 bridgehead atoms. The third-order valence-electron chi connectivity index (χ3n) is 2.43. The van der Waals surface area contributed by atoms with Gasteiger partial charge in [-0.15, -0.1) is 0 Å². The van der Waals surface area contributed by atoms with E-state index in [2.05, 4.69) is 10.1 Å². The highest BCUT2D eigenvalue weighted by Crippen LogP contribution is 2.20. The van der Waals surface area contributed by atoms with Crippen molar-refractivity contribution in [1.29, 1.82) is 0 Å². The number of rotatable bonds is 5. The van der Waals surface area contributed by atoms with Gasteiger partial charge in [-0.1, -0.05) is 11.8 Å². The van der Waals surface area contributed by atoms with Crippen molar-refractivity contribution in [2.45, 2.75) is 32.0 Å². The molecule has 0 spiro atoms. The third kappa shape index (κ3) is 3.26. The standard InChI is InChI=1S/C11H16N4OS/c1-8-9(2)16-11(13-8)17-7-3-5-15-6-4-10(12)14-15/h4,6H,3,5,7H2,1-2H3,(H2,12,14). The van der Waals surface area contributed by atoms with Gasteiger partial charge in [0.05, 0.1) is 5.69 Å². The van der Waals surface area contributed by atoms with E-state index in [1.165, 1.54) is 0 Å². The summed E-state index contributed by atoms with van der Waals surface area (Å²) in [5.74, 6) is 2.42. The van der Waals surface area contributed by atoms with Crippen molar-refractivity contribution in [3.8, 4) is 0 Å². The summed E-state index contributed by atoms with van der Waals surface area (Å²) < 4.78 is 7.33. The number of thioether (sulfide) groups is 1. The Bertz CT molecular complexity index is 472. The topological polar surface area (TPSA) is 69.9 Å². The van der Waals surface area contributed by atoms with Crippen LogP contribution in [0.2, 0.25) is 0 Å². The fourth-order valence-corrected chi connectivity index (χ4v) is 2.23. The number of nitrogens with two attached hydrogens (primary N) is 1. The van der Waals surface area contributed by atoms with Gasteiger partial charge in [-0.05, 0) is 26.3 Å². The fourth-order valence-electron chi connectivity index (χ4n) is 1.39. The van der Waals surface area contributed by atoms with Crippen LogP contribution in [0.5, 0.6) is 0 Å². The van der Waals surface area contributed by atoms with Crippen molar-refractivity contribution in [3.63, 3.8) is 0 Å². The Labute approximate surface area is 104 Å². The minimum Gasteiger partial charge on any atom is -0.437 e. The molecule has 0 saturated carbocycles. The van der Waals surface area contributed by atoms with E-state index in [9.17, 15) is 0 Å². The molecule has 17 heavy (non-hydrogen) atoms. The highest BCUT2D eigenvalue weighted by atomic mass is 32.2. The molecule has 2 rings (SSSR count). The SMILES string of the molecule is Cc1nc(SCCCn2ccc(N)n2)oc1C. The molecule has 6 heteroatoms. The molecule has 0 saturated heterocycles. The van der Waals surface area contributed by atoms with E-state index in [1.54, 1.807) is 17.8 Å². The quantitative estimate of drug-likeness (QED) is 0.653. The molecule has 0 fully saturated rings. The first-order chi connectivity index (χ1) is 8.15. The Kier molecular flexibility index (Phi) is 3.73. The summed E-state index contributed by atoms with van der Waals surface area (Å²) in [5.41, 5.74) is 6.50. The minimum atomic E-state index is 0.566. The van der Waals surface area contributed by atoms with Crippen LogP contribution >= 0.6 is 11.8 Å². The van der Waals surface area contributed by atoms with E-state index >= 15 is 0 Å². The van der Waals surface area contributed by atoms with Crippen LogP contribution < -0.4 is 5.73 Å². The second-order valence-corrected chi connectivity index (χ2v) is 4.87. The lowest BCUT2D eigenvalue weighted by atomic mass is 10.4. The van der Waals surface area contributed by atoms with Crippen molar-refractivity contribution >= 4 is 17.6 Å². The predicted molar refractivity (Wildman–Crippen MR) is 68.0 cm³/mol. The van der Waals surface area contributed by atoms with Crippen molar-refractivity contribution < 1.29 is 4.42 Å². The smallest absolute Gasteiger partial charge is 0.256 e. The zero-order chi connectivity index (χ0) is 12.3. The molecule has 2 heterocycles. The molecule has 0 aliphatic carbocycles. The van der Waals surface area contributed by atoms with Crippen LogP contribution in [0.15, 0.2) is 21.9 Å². The van der Waals surface area contributed by atoms with E-state index in [0.717, 1.165) is 35.4 Å². The van der Waals surface area contributed by atoms with Crippen molar-refractivity contribution in [2.75, 3.05) is 11.5 Å². The number of nitrogen functional groups attached to an aromatic ring is 1. The summed E-state index contributed by atoms with van der Waals surface area (Å²) in [6.07, 6.45) is 2.89. The van der Waals surface area contributed by atoms with E-state index in [-0.39, 0.29) is 0 Å². The molecule has 0 amide bonds. The molecule has 0 radical (unpaired) electrons. The maximum Gasteiger partial charge on any atom is 0.256 e. The van der Waals surface area contributed by atoms with Gasteiger partial charge in [0.25, 0.3) is 5.22 Å². The van der Waals surface area contributed by atoms with Crippen LogP contribution in [0.3, 0.4) is 0 Å². The molecule has 92 valence electrons. The third-order valence-corrected chi connectivity index (χ3v) is 3.34. The number of hydrogen-bond donors (Lipinski definition) is 1. The lowest BCUT2D eigenvalue weighted by molar-refractivity contribution is 0.431. The molecule has 2 N–H and O–H groups in total. The van der Waals surface area contributed by atoms with Gasteiger partial charge in [0.15, 0.2) is 0 Å². The largest absolute Gasteiger partial charge is 0.437 e. The monoisotopic (exact) mass is 252 g/mol. The van der Waals surface area contributed by atoms with Crippen LogP contribution in [0.1, 0.15) is 17.9 Å². The number of anilines is 1. The highest BCUT2D eigenvalue weighted by Gasteiger charge is 2.05. The molecule has 0 aromatic carbocycles. The lowest BCUT2D eigenvalue weighted by Crippen LogP contribution is -2.00. The van der Waals surface area contributed by atoms with E-state index in [1.807, 2.05) is 24.7 Å². The highest BCUT2D eigenvalue weighted by molar-refractivity contribution is 7.99. The second kappa shape index (κ2) is 5.27. The minimum absolute atomic E-state index is 0.566. The molecule has 2 aromatic heterocycles. The summed E-state index contributed by atoms with van der Waals surface area (Å²) in [4.78, 5) is 4.31. The lowest BCUT2D eigenvalue weighted by Gasteiger charge is -1.99. The van der Waals surface area contributed by atoms with Gasteiger partial charge in [-0.25, -0.2) is 4.98 Å². The van der Waals surface area contributed by atoms with Crippen molar-refractivity contribution in [3.05, 3.63) is 23.7 Å². The molecule has 0 unspecified atom stereocenters. The molecule has 0 atom stereocenters. The van der Waals surface area contributed by atoms with E-state index in [4.69, 9.17) is 10.2 Å². The van der Waals surface area contributed by atoms with Crippen molar-refractivity contribution in [1.82, 2.24) is 14.8 Å². The molecule has 5 nitrogen and oxygen atoms in total. The molecule has 2 aromatic rings. The maximum atomic E-state index is 5.53. The van der Waals surface area contributed by atoms with Crippen molar-refractivity contribution in [2.24, 2.45) is 0 Å². The van der Waals surface area contributed by atoms with Crippen LogP contribution in [0, 0.1) is 13.8 Å². The molecular formula is C11H16N4OS. The summed E-state index contributed by atoms with van der Waals surface area (Å²) in [7, 11) is 0. The van der Waals surface area contributed by atoms with Gasteiger partial charge in [0.1, 0.15) is 11.6 Å². The van der Waals surface area contributed by atoms with Gasteiger partial charge in [0.2, 0.25) is 0 Å². The van der Waals surface area contributed by atoms with Gasteiger partial charge < -0.3 is 10.2 Å². The zero-order valence-corrected chi connectivity index (χ0v) is 10.8. The zero-order valence-electron chi connectivity index (χ0n) is 10.0. The van der Waals surface area contributed by atoms with E-state index < -0.39 is 0 Å².